The molecule has 3 atom stereocenters. The third-order valence-corrected chi connectivity index (χ3v) is 5.33. The molecule has 1 N–H and O–H groups in total. The van der Waals surface area contributed by atoms with E-state index >= 15 is 0 Å². The highest BCUT2D eigenvalue weighted by molar-refractivity contribution is 5.35. The highest BCUT2D eigenvalue weighted by Crippen LogP contribution is 2.41. The van der Waals surface area contributed by atoms with Crippen LogP contribution in [0.4, 0.5) is 0 Å². The van der Waals surface area contributed by atoms with Crippen LogP contribution in [-0.2, 0) is 0 Å². The number of hydrogen-bond donors (Lipinski definition) is 1. The smallest absolute Gasteiger partial charge is 0.0353 e. The molecule has 1 fully saturated rings. The Balaban J connectivity index is 2.32. The van der Waals surface area contributed by atoms with E-state index < -0.39 is 0 Å². The van der Waals surface area contributed by atoms with Gasteiger partial charge in [-0.3, -0.25) is 0 Å². The van der Waals surface area contributed by atoms with E-state index in [1.54, 1.807) is 0 Å². The molecule has 20 heavy (non-hydrogen) atoms. The molecule has 0 saturated heterocycles. The molecule has 112 valence electrons. The summed E-state index contributed by atoms with van der Waals surface area (Å²) in [6.45, 7) is 10.2. The Labute approximate surface area is 125 Å². The Morgan fingerprint density at radius 2 is 1.90 bits per heavy atom. The Hall–Kier alpha value is -0.820. The van der Waals surface area contributed by atoms with Gasteiger partial charge in [0.15, 0.2) is 0 Å². The average Bonchev–Trinajstić information content (AvgIpc) is 2.48. The van der Waals surface area contributed by atoms with Crippen LogP contribution in [0.25, 0.3) is 0 Å². The van der Waals surface area contributed by atoms with E-state index in [1.165, 1.54) is 48.8 Å². The fourth-order valence-electron chi connectivity index (χ4n) is 4.00. The SMILES string of the molecule is CCNC(c1cccc(C)c1C)C1CCCCC1CC. The molecule has 1 nitrogen and oxygen atoms in total. The monoisotopic (exact) mass is 273 g/mol. The van der Waals surface area contributed by atoms with Gasteiger partial charge in [0.25, 0.3) is 0 Å². The van der Waals surface area contributed by atoms with Crippen LogP contribution < -0.4 is 5.32 Å². The summed E-state index contributed by atoms with van der Waals surface area (Å²) in [5.74, 6) is 1.71. The van der Waals surface area contributed by atoms with E-state index in [0.717, 1.165) is 18.4 Å². The molecule has 0 spiro atoms. The molecule has 0 amide bonds. The lowest BCUT2D eigenvalue weighted by atomic mass is 9.71. The number of benzene rings is 1. The third kappa shape index (κ3) is 3.25. The maximum Gasteiger partial charge on any atom is 0.0353 e. The lowest BCUT2D eigenvalue weighted by molar-refractivity contribution is 0.176. The van der Waals surface area contributed by atoms with Crippen LogP contribution in [0, 0.1) is 25.7 Å². The molecule has 3 unspecified atom stereocenters. The maximum absolute atomic E-state index is 3.80. The summed E-state index contributed by atoms with van der Waals surface area (Å²) in [7, 11) is 0. The largest absolute Gasteiger partial charge is 0.310 e. The van der Waals surface area contributed by atoms with Gasteiger partial charge in [0.1, 0.15) is 0 Å². The zero-order valence-electron chi connectivity index (χ0n) is 13.7. The Morgan fingerprint density at radius 3 is 2.60 bits per heavy atom. The summed E-state index contributed by atoms with van der Waals surface area (Å²) in [5, 5.41) is 3.80. The third-order valence-electron chi connectivity index (χ3n) is 5.33. The fourth-order valence-corrected chi connectivity index (χ4v) is 4.00. The van der Waals surface area contributed by atoms with E-state index in [4.69, 9.17) is 0 Å². The second kappa shape index (κ2) is 7.26. The quantitative estimate of drug-likeness (QED) is 0.780. The predicted molar refractivity (Wildman–Crippen MR) is 88.1 cm³/mol. The molecule has 0 aromatic heterocycles. The standard InChI is InChI=1S/C19H31N/c1-5-16-11-7-8-12-18(16)19(20-6-2)17-13-9-10-14(3)15(17)4/h9-10,13,16,18-20H,5-8,11-12H2,1-4H3. The molecule has 1 aliphatic carbocycles. The van der Waals surface area contributed by atoms with Crippen LogP contribution in [0.15, 0.2) is 18.2 Å². The van der Waals surface area contributed by atoms with Gasteiger partial charge in [-0.1, -0.05) is 57.7 Å². The first kappa shape index (κ1) is 15.6. The van der Waals surface area contributed by atoms with Gasteiger partial charge in [-0.25, -0.2) is 0 Å². The minimum atomic E-state index is 0.546. The minimum absolute atomic E-state index is 0.546. The summed E-state index contributed by atoms with van der Waals surface area (Å²) in [4.78, 5) is 0. The predicted octanol–water partition coefficient (Wildman–Crippen LogP) is 5.17. The summed E-state index contributed by atoms with van der Waals surface area (Å²) >= 11 is 0. The van der Waals surface area contributed by atoms with E-state index in [0.29, 0.717) is 6.04 Å². The molecule has 1 aliphatic rings. The fraction of sp³-hybridized carbons (Fsp3) is 0.684. The summed E-state index contributed by atoms with van der Waals surface area (Å²) in [6.07, 6.45) is 6.99. The van der Waals surface area contributed by atoms with Crippen LogP contribution in [0.3, 0.4) is 0 Å². The van der Waals surface area contributed by atoms with Gasteiger partial charge in [0, 0.05) is 6.04 Å². The zero-order chi connectivity index (χ0) is 14.5. The molecule has 0 radical (unpaired) electrons. The van der Waals surface area contributed by atoms with Crippen LogP contribution in [0.1, 0.15) is 68.7 Å². The van der Waals surface area contributed by atoms with Crippen molar-refractivity contribution >= 4 is 0 Å². The Morgan fingerprint density at radius 1 is 1.15 bits per heavy atom. The Bertz CT molecular complexity index is 424. The molecule has 1 saturated carbocycles. The molecule has 0 aliphatic heterocycles. The second-order valence-corrected chi connectivity index (χ2v) is 6.44. The number of aryl methyl sites for hydroxylation is 1. The number of rotatable bonds is 5. The van der Waals surface area contributed by atoms with Gasteiger partial charge >= 0.3 is 0 Å². The first-order valence-corrected chi connectivity index (χ1v) is 8.48. The van der Waals surface area contributed by atoms with E-state index in [9.17, 15) is 0 Å². The van der Waals surface area contributed by atoms with Crippen LogP contribution in [-0.4, -0.2) is 6.54 Å². The molecule has 2 rings (SSSR count). The lowest BCUT2D eigenvalue weighted by Crippen LogP contribution is -2.35. The van der Waals surface area contributed by atoms with Crippen molar-refractivity contribution in [3.63, 3.8) is 0 Å². The lowest BCUT2D eigenvalue weighted by Gasteiger charge is -2.38. The van der Waals surface area contributed by atoms with Gasteiger partial charge in [0.05, 0.1) is 0 Å². The molecular formula is C19H31N. The summed E-state index contributed by atoms with van der Waals surface area (Å²) in [5.41, 5.74) is 4.45. The number of hydrogen-bond acceptors (Lipinski definition) is 1. The molecule has 0 heterocycles. The van der Waals surface area contributed by atoms with Gasteiger partial charge in [-0.15, -0.1) is 0 Å². The van der Waals surface area contributed by atoms with Gasteiger partial charge in [0.2, 0.25) is 0 Å². The molecule has 1 heteroatoms. The normalized spacial score (nSPS) is 24.6. The van der Waals surface area contributed by atoms with Crippen molar-refractivity contribution in [2.75, 3.05) is 6.54 Å². The van der Waals surface area contributed by atoms with E-state index in [-0.39, 0.29) is 0 Å². The van der Waals surface area contributed by atoms with Crippen molar-refractivity contribution in [1.29, 1.82) is 0 Å². The summed E-state index contributed by atoms with van der Waals surface area (Å²) < 4.78 is 0. The molecule has 1 aromatic rings. The van der Waals surface area contributed by atoms with E-state index in [2.05, 4.69) is 51.2 Å². The van der Waals surface area contributed by atoms with E-state index in [1.807, 2.05) is 0 Å². The second-order valence-electron chi connectivity index (χ2n) is 6.44. The average molecular weight is 273 g/mol. The first-order chi connectivity index (χ1) is 9.69. The van der Waals surface area contributed by atoms with Crippen molar-refractivity contribution in [3.05, 3.63) is 34.9 Å². The van der Waals surface area contributed by atoms with Gasteiger partial charge in [-0.2, -0.15) is 0 Å². The Kier molecular flexibility index (Phi) is 5.65. The zero-order valence-corrected chi connectivity index (χ0v) is 13.7. The van der Waals surface area contributed by atoms with Crippen molar-refractivity contribution in [1.82, 2.24) is 5.32 Å². The summed E-state index contributed by atoms with van der Waals surface area (Å²) in [6, 6.07) is 7.35. The first-order valence-electron chi connectivity index (χ1n) is 8.48. The van der Waals surface area contributed by atoms with Crippen molar-refractivity contribution in [3.8, 4) is 0 Å². The van der Waals surface area contributed by atoms with Crippen molar-refractivity contribution in [2.45, 2.75) is 65.8 Å². The number of nitrogens with one attached hydrogen (secondary N) is 1. The highest BCUT2D eigenvalue weighted by atomic mass is 14.9. The molecule has 0 bridgehead atoms. The highest BCUT2D eigenvalue weighted by Gasteiger charge is 2.31. The topological polar surface area (TPSA) is 12.0 Å². The minimum Gasteiger partial charge on any atom is -0.310 e. The van der Waals surface area contributed by atoms with Crippen LogP contribution in [0.5, 0.6) is 0 Å². The van der Waals surface area contributed by atoms with Crippen molar-refractivity contribution < 1.29 is 0 Å². The molecular weight excluding hydrogens is 242 g/mol. The molecule has 1 aromatic carbocycles. The maximum atomic E-state index is 3.80. The van der Waals surface area contributed by atoms with Crippen LogP contribution in [0.2, 0.25) is 0 Å². The van der Waals surface area contributed by atoms with Crippen molar-refractivity contribution in [2.24, 2.45) is 11.8 Å². The van der Waals surface area contributed by atoms with Crippen LogP contribution >= 0.6 is 0 Å². The van der Waals surface area contributed by atoms with Gasteiger partial charge in [-0.05, 0) is 55.3 Å². The van der Waals surface area contributed by atoms with Gasteiger partial charge < -0.3 is 5.32 Å².